The molecule has 2 aromatic carbocycles. The lowest BCUT2D eigenvalue weighted by atomic mass is 10.1. The van der Waals surface area contributed by atoms with Gasteiger partial charge in [-0.05, 0) is 30.7 Å². The van der Waals surface area contributed by atoms with E-state index in [-0.39, 0.29) is 17.6 Å². The number of rotatable bonds is 8. The van der Waals surface area contributed by atoms with Crippen LogP contribution in [0, 0.1) is 0 Å². The Labute approximate surface area is 205 Å². The molecule has 35 heavy (non-hydrogen) atoms. The molecular formula is C26H33N5O4. The summed E-state index contributed by atoms with van der Waals surface area (Å²) in [5, 5.41) is 3.56. The van der Waals surface area contributed by atoms with Crippen molar-refractivity contribution in [3.8, 4) is 5.75 Å². The molecule has 1 N–H and O–H groups in total. The van der Waals surface area contributed by atoms with Crippen LogP contribution in [0.1, 0.15) is 25.2 Å². The minimum Gasteiger partial charge on any atom is -0.495 e. The molecule has 1 fully saturated rings. The first kappa shape index (κ1) is 24.7. The number of nitrogens with zero attached hydrogens (tertiary/aromatic N) is 4. The highest BCUT2D eigenvalue weighted by atomic mass is 16.5. The molecular weight excluding hydrogens is 446 g/mol. The Bertz CT molecular complexity index is 1220. The number of methoxy groups -OCH3 is 2. The van der Waals surface area contributed by atoms with Crippen LogP contribution in [0.2, 0.25) is 0 Å². The fourth-order valence-electron chi connectivity index (χ4n) is 4.62. The van der Waals surface area contributed by atoms with Gasteiger partial charge in [0, 0.05) is 33.3 Å². The van der Waals surface area contributed by atoms with Crippen LogP contribution in [0.3, 0.4) is 0 Å². The van der Waals surface area contributed by atoms with Crippen molar-refractivity contribution in [3.05, 3.63) is 64.7 Å². The molecule has 1 atom stereocenters. The summed E-state index contributed by atoms with van der Waals surface area (Å²) in [5.41, 5.74) is 1.31. The molecule has 9 heteroatoms. The van der Waals surface area contributed by atoms with Crippen molar-refractivity contribution < 1.29 is 14.3 Å². The lowest BCUT2D eigenvalue weighted by Gasteiger charge is -2.39. The van der Waals surface area contributed by atoms with Crippen molar-refractivity contribution >= 4 is 22.6 Å². The van der Waals surface area contributed by atoms with Gasteiger partial charge in [0.1, 0.15) is 11.6 Å². The van der Waals surface area contributed by atoms with Crippen LogP contribution in [0.5, 0.6) is 5.75 Å². The molecule has 0 aliphatic carbocycles. The summed E-state index contributed by atoms with van der Waals surface area (Å²) in [6, 6.07) is 14.6. The number of carbonyl (C=O) groups is 1. The Morgan fingerprint density at radius 1 is 1.06 bits per heavy atom. The molecule has 4 rings (SSSR count). The van der Waals surface area contributed by atoms with Crippen molar-refractivity contribution in [1.82, 2.24) is 19.4 Å². The molecule has 1 saturated heterocycles. The first-order valence-electron chi connectivity index (χ1n) is 12.0. The second-order valence-electron chi connectivity index (χ2n) is 8.51. The average Bonchev–Trinajstić information content (AvgIpc) is 2.89. The topological polar surface area (TPSA) is 88.9 Å². The highest BCUT2D eigenvalue weighted by Crippen LogP contribution is 2.26. The molecule has 1 unspecified atom stereocenters. The number of amides is 2. The maximum Gasteiger partial charge on any atom is 0.322 e. The Balaban J connectivity index is 1.52. The van der Waals surface area contributed by atoms with E-state index in [9.17, 15) is 9.59 Å². The number of aromatic nitrogens is 2. The number of carbonyl (C=O) groups excluding carboxylic acids is 1. The fourth-order valence-corrected chi connectivity index (χ4v) is 4.62. The molecule has 3 aromatic rings. The average molecular weight is 480 g/mol. The zero-order valence-electron chi connectivity index (χ0n) is 20.6. The van der Waals surface area contributed by atoms with Gasteiger partial charge in [-0.3, -0.25) is 14.3 Å². The predicted molar refractivity (Wildman–Crippen MR) is 136 cm³/mol. The number of ether oxygens (including phenoxy) is 2. The molecule has 186 valence electrons. The number of benzene rings is 2. The lowest BCUT2D eigenvalue weighted by molar-refractivity contribution is 0.103. The molecule has 0 saturated carbocycles. The van der Waals surface area contributed by atoms with E-state index in [1.807, 2.05) is 53.4 Å². The van der Waals surface area contributed by atoms with E-state index in [2.05, 4.69) is 17.1 Å². The van der Waals surface area contributed by atoms with Crippen molar-refractivity contribution in [1.29, 1.82) is 0 Å². The SMILES string of the molecule is CCC(c1nc2ccccc2c(=O)n1CCOC)N1CCN(C(=O)Nc2ccccc2OC)CC1. The third-order valence-electron chi connectivity index (χ3n) is 6.49. The monoisotopic (exact) mass is 479 g/mol. The summed E-state index contributed by atoms with van der Waals surface area (Å²) in [6.45, 7) is 5.50. The molecule has 1 aliphatic heterocycles. The lowest BCUT2D eigenvalue weighted by Crippen LogP contribution is -2.51. The second-order valence-corrected chi connectivity index (χ2v) is 8.51. The minimum absolute atomic E-state index is 0.0383. The molecule has 1 aromatic heterocycles. The van der Waals surface area contributed by atoms with Crippen molar-refractivity contribution in [3.63, 3.8) is 0 Å². The van der Waals surface area contributed by atoms with E-state index >= 15 is 0 Å². The van der Waals surface area contributed by atoms with Crippen molar-refractivity contribution in [2.75, 3.05) is 52.3 Å². The standard InChI is InChI=1S/C26H33N5O4/c1-4-22(24-27-20-10-6-5-9-19(20)25(32)31(24)17-18-34-2)29-13-15-30(16-14-29)26(33)28-21-11-7-8-12-23(21)35-3/h5-12,22H,4,13-18H2,1-3H3,(H,28,33). The summed E-state index contributed by atoms with van der Waals surface area (Å²) >= 11 is 0. The summed E-state index contributed by atoms with van der Waals surface area (Å²) in [7, 11) is 3.22. The third kappa shape index (κ3) is 5.31. The van der Waals surface area contributed by atoms with Gasteiger partial charge in [-0.15, -0.1) is 0 Å². The van der Waals surface area contributed by atoms with Crippen LogP contribution in [-0.2, 0) is 11.3 Å². The number of nitrogens with one attached hydrogen (secondary N) is 1. The van der Waals surface area contributed by atoms with Gasteiger partial charge >= 0.3 is 6.03 Å². The van der Waals surface area contributed by atoms with E-state index in [1.165, 1.54) is 0 Å². The Morgan fingerprint density at radius 3 is 2.49 bits per heavy atom. The highest BCUT2D eigenvalue weighted by Gasteiger charge is 2.29. The van der Waals surface area contributed by atoms with Crippen LogP contribution < -0.4 is 15.6 Å². The molecule has 9 nitrogen and oxygen atoms in total. The van der Waals surface area contributed by atoms with E-state index in [0.717, 1.165) is 12.2 Å². The van der Waals surface area contributed by atoms with Gasteiger partial charge < -0.3 is 19.7 Å². The molecule has 2 amide bonds. The Morgan fingerprint density at radius 2 is 1.77 bits per heavy atom. The van der Waals surface area contributed by atoms with Crippen LogP contribution in [0.15, 0.2) is 53.3 Å². The molecule has 0 spiro atoms. The van der Waals surface area contributed by atoms with Crippen LogP contribution in [0.4, 0.5) is 10.5 Å². The summed E-state index contributed by atoms with van der Waals surface area (Å²) < 4.78 is 12.4. The van der Waals surface area contributed by atoms with Crippen molar-refractivity contribution in [2.45, 2.75) is 25.9 Å². The van der Waals surface area contributed by atoms with E-state index in [4.69, 9.17) is 14.5 Å². The number of fused-ring (bicyclic) bond motifs is 1. The second kappa shape index (κ2) is 11.3. The van der Waals surface area contributed by atoms with Crippen molar-refractivity contribution in [2.24, 2.45) is 0 Å². The summed E-state index contributed by atoms with van der Waals surface area (Å²) in [4.78, 5) is 35.2. The van der Waals surface area contributed by atoms with E-state index in [0.29, 0.717) is 61.7 Å². The maximum absolute atomic E-state index is 13.3. The van der Waals surface area contributed by atoms with E-state index < -0.39 is 0 Å². The van der Waals surface area contributed by atoms with Crippen LogP contribution in [0.25, 0.3) is 10.9 Å². The maximum atomic E-state index is 13.3. The number of urea groups is 1. The molecule has 2 heterocycles. The largest absolute Gasteiger partial charge is 0.495 e. The first-order valence-corrected chi connectivity index (χ1v) is 12.0. The molecule has 0 radical (unpaired) electrons. The third-order valence-corrected chi connectivity index (χ3v) is 6.49. The van der Waals surface area contributed by atoms with Gasteiger partial charge in [-0.25, -0.2) is 9.78 Å². The number of piperazine rings is 1. The number of hydrogen-bond donors (Lipinski definition) is 1. The quantitative estimate of drug-likeness (QED) is 0.533. The van der Waals surface area contributed by atoms with Gasteiger partial charge in [0.2, 0.25) is 0 Å². The minimum atomic E-state index is -0.150. The highest BCUT2D eigenvalue weighted by molar-refractivity contribution is 5.91. The molecule has 1 aliphatic rings. The van der Waals surface area contributed by atoms with Gasteiger partial charge in [0.15, 0.2) is 0 Å². The number of hydrogen-bond acceptors (Lipinski definition) is 6. The number of para-hydroxylation sites is 3. The van der Waals surface area contributed by atoms with Crippen LogP contribution >= 0.6 is 0 Å². The predicted octanol–water partition coefficient (Wildman–Crippen LogP) is 3.35. The van der Waals surface area contributed by atoms with Crippen LogP contribution in [-0.4, -0.2) is 72.4 Å². The van der Waals surface area contributed by atoms with Gasteiger partial charge in [0.05, 0.1) is 42.9 Å². The zero-order chi connectivity index (χ0) is 24.8. The Hall–Kier alpha value is -3.43. The molecule has 0 bridgehead atoms. The zero-order valence-corrected chi connectivity index (χ0v) is 20.6. The first-order chi connectivity index (χ1) is 17.1. The van der Waals surface area contributed by atoms with Gasteiger partial charge in [0.25, 0.3) is 5.56 Å². The summed E-state index contributed by atoms with van der Waals surface area (Å²) in [6.07, 6.45) is 0.797. The normalized spacial score (nSPS) is 15.2. The number of anilines is 1. The van der Waals surface area contributed by atoms with E-state index in [1.54, 1.807) is 18.8 Å². The van der Waals surface area contributed by atoms with Gasteiger partial charge in [-0.2, -0.15) is 0 Å². The smallest absolute Gasteiger partial charge is 0.322 e. The summed E-state index contributed by atoms with van der Waals surface area (Å²) in [5.74, 6) is 1.38. The Kier molecular flexibility index (Phi) is 7.99. The van der Waals surface area contributed by atoms with Gasteiger partial charge in [-0.1, -0.05) is 31.2 Å². The fraction of sp³-hybridized carbons (Fsp3) is 0.423.